The highest BCUT2D eigenvalue weighted by molar-refractivity contribution is 7.10. The van der Waals surface area contributed by atoms with Crippen LogP contribution in [0.15, 0.2) is 6.20 Å². The van der Waals surface area contributed by atoms with Gasteiger partial charge in [0.05, 0.1) is 4.92 Å². The van der Waals surface area contributed by atoms with Crippen LogP contribution in [0, 0.1) is 10.1 Å². The Kier molecular flexibility index (Phi) is 2.04. The maximum atomic E-state index is 10.3. The lowest BCUT2D eigenvalue weighted by Crippen LogP contribution is -2.08. The molecule has 1 rings (SSSR count). The molecule has 0 unspecified atom stereocenters. The molecule has 0 aliphatic carbocycles. The van der Waals surface area contributed by atoms with Crippen LogP contribution in [-0.4, -0.2) is 23.4 Å². The van der Waals surface area contributed by atoms with Gasteiger partial charge in [0.1, 0.15) is 6.20 Å². The first-order valence-corrected chi connectivity index (χ1v) is 3.66. The normalized spacial score (nSPS) is 9.64. The third kappa shape index (κ3) is 1.45. The fourth-order valence-electron chi connectivity index (χ4n) is 0.664. The molecule has 1 heterocycles. The number of anilines is 1. The van der Waals surface area contributed by atoms with E-state index >= 15 is 0 Å². The molecule has 0 fully saturated rings. The molecule has 1 aromatic rings. The second-order valence-corrected chi connectivity index (χ2v) is 2.95. The van der Waals surface area contributed by atoms with E-state index < -0.39 is 4.92 Å². The van der Waals surface area contributed by atoms with Crippen molar-refractivity contribution < 1.29 is 4.92 Å². The highest BCUT2D eigenvalue weighted by atomic mass is 32.1. The van der Waals surface area contributed by atoms with Crippen molar-refractivity contribution in [2.24, 2.45) is 0 Å². The third-order valence-corrected chi connectivity index (χ3v) is 2.09. The second kappa shape index (κ2) is 2.83. The lowest BCUT2D eigenvalue weighted by atomic mass is 10.5. The lowest BCUT2D eigenvalue weighted by molar-refractivity contribution is -0.383. The first kappa shape index (κ1) is 7.93. The summed E-state index contributed by atoms with van der Waals surface area (Å²) in [4.78, 5) is 11.6. The molecule has 0 bridgehead atoms. The monoisotopic (exact) mass is 173 g/mol. The molecular formula is C5H7N3O2S. The summed E-state index contributed by atoms with van der Waals surface area (Å²) in [6.07, 6.45) is 1.26. The van der Waals surface area contributed by atoms with Gasteiger partial charge in [0.2, 0.25) is 0 Å². The van der Waals surface area contributed by atoms with Crippen LogP contribution in [0.2, 0.25) is 0 Å². The van der Waals surface area contributed by atoms with E-state index in [1.54, 1.807) is 19.0 Å². The lowest BCUT2D eigenvalue weighted by Gasteiger charge is -2.05. The predicted octanol–water partition coefficient (Wildman–Crippen LogP) is 1.12. The average molecular weight is 173 g/mol. The summed E-state index contributed by atoms with van der Waals surface area (Å²) < 4.78 is 3.72. The predicted molar refractivity (Wildman–Crippen MR) is 43.1 cm³/mol. The largest absolute Gasteiger partial charge is 0.363 e. The fraction of sp³-hybridized carbons (Fsp3) is 0.400. The first-order valence-electron chi connectivity index (χ1n) is 2.89. The van der Waals surface area contributed by atoms with E-state index in [9.17, 15) is 10.1 Å². The minimum atomic E-state index is -0.432. The maximum Gasteiger partial charge on any atom is 0.323 e. The van der Waals surface area contributed by atoms with Crippen molar-refractivity contribution >= 4 is 22.2 Å². The minimum Gasteiger partial charge on any atom is -0.363 e. The molecule has 0 N–H and O–H groups in total. The molecule has 6 heteroatoms. The molecule has 5 nitrogen and oxygen atoms in total. The Morgan fingerprint density at radius 1 is 1.73 bits per heavy atom. The highest BCUT2D eigenvalue weighted by Gasteiger charge is 2.17. The van der Waals surface area contributed by atoms with Crippen molar-refractivity contribution in [1.29, 1.82) is 0 Å². The van der Waals surface area contributed by atoms with Crippen molar-refractivity contribution in [2.75, 3.05) is 19.0 Å². The molecule has 1 aromatic heterocycles. The van der Waals surface area contributed by atoms with Crippen molar-refractivity contribution in [1.82, 2.24) is 4.37 Å². The topological polar surface area (TPSA) is 59.3 Å². The van der Waals surface area contributed by atoms with Gasteiger partial charge in [-0.15, -0.1) is 0 Å². The molecule has 0 spiro atoms. The molecule has 60 valence electrons. The van der Waals surface area contributed by atoms with E-state index in [4.69, 9.17) is 0 Å². The van der Waals surface area contributed by atoms with Crippen LogP contribution < -0.4 is 4.90 Å². The molecule has 11 heavy (non-hydrogen) atoms. The Morgan fingerprint density at radius 2 is 2.36 bits per heavy atom. The molecule has 0 aromatic carbocycles. The second-order valence-electron chi connectivity index (χ2n) is 2.17. The molecule has 0 aliphatic rings. The number of hydrogen-bond acceptors (Lipinski definition) is 5. The van der Waals surface area contributed by atoms with Gasteiger partial charge in [-0.1, -0.05) is 0 Å². The molecule has 0 radical (unpaired) electrons. The van der Waals surface area contributed by atoms with E-state index in [2.05, 4.69) is 4.37 Å². The number of aromatic nitrogens is 1. The van der Waals surface area contributed by atoms with Crippen LogP contribution in [0.4, 0.5) is 10.7 Å². The van der Waals surface area contributed by atoms with E-state index in [1.807, 2.05) is 0 Å². The SMILES string of the molecule is CN(C)c1sncc1[N+](=O)[O-]. The summed E-state index contributed by atoms with van der Waals surface area (Å²) in [6, 6.07) is 0. The molecule has 0 aliphatic heterocycles. The van der Waals surface area contributed by atoms with Gasteiger partial charge >= 0.3 is 5.69 Å². The zero-order chi connectivity index (χ0) is 8.43. The van der Waals surface area contributed by atoms with Gasteiger partial charge in [-0.3, -0.25) is 10.1 Å². The highest BCUT2D eigenvalue weighted by Crippen LogP contribution is 2.29. The molecule has 0 saturated carbocycles. The van der Waals surface area contributed by atoms with Crippen molar-refractivity contribution in [3.05, 3.63) is 16.3 Å². The minimum absolute atomic E-state index is 0.0694. The van der Waals surface area contributed by atoms with E-state index in [0.29, 0.717) is 5.00 Å². The van der Waals surface area contributed by atoms with Crippen LogP contribution in [0.3, 0.4) is 0 Å². The van der Waals surface area contributed by atoms with Gasteiger partial charge in [0.25, 0.3) is 0 Å². The number of hydrogen-bond donors (Lipinski definition) is 0. The van der Waals surface area contributed by atoms with Gasteiger partial charge < -0.3 is 4.90 Å². The van der Waals surface area contributed by atoms with Crippen LogP contribution in [-0.2, 0) is 0 Å². The Morgan fingerprint density at radius 3 is 2.73 bits per heavy atom. The van der Waals surface area contributed by atoms with E-state index in [-0.39, 0.29) is 5.69 Å². The van der Waals surface area contributed by atoms with Gasteiger partial charge in [0.15, 0.2) is 5.00 Å². The van der Waals surface area contributed by atoms with Crippen LogP contribution in [0.5, 0.6) is 0 Å². The van der Waals surface area contributed by atoms with E-state index in [0.717, 1.165) is 11.5 Å². The molecule has 0 atom stereocenters. The Bertz CT molecular complexity index is 270. The zero-order valence-corrected chi connectivity index (χ0v) is 6.96. The van der Waals surface area contributed by atoms with Gasteiger partial charge in [-0.2, -0.15) is 4.37 Å². The van der Waals surface area contributed by atoms with Crippen molar-refractivity contribution in [3.63, 3.8) is 0 Å². The van der Waals surface area contributed by atoms with Crippen LogP contribution in [0.1, 0.15) is 0 Å². The van der Waals surface area contributed by atoms with Gasteiger partial charge in [-0.05, 0) is 11.5 Å². The third-order valence-electron chi connectivity index (χ3n) is 1.14. The number of rotatable bonds is 2. The Labute approximate surface area is 67.6 Å². The zero-order valence-electron chi connectivity index (χ0n) is 6.14. The Balaban J connectivity index is 3.06. The summed E-state index contributed by atoms with van der Waals surface area (Å²) in [5, 5.41) is 10.9. The molecular weight excluding hydrogens is 166 g/mol. The number of nitrogens with zero attached hydrogens (tertiary/aromatic N) is 3. The summed E-state index contributed by atoms with van der Waals surface area (Å²) >= 11 is 1.12. The molecule has 0 amide bonds. The van der Waals surface area contributed by atoms with Crippen molar-refractivity contribution in [3.8, 4) is 0 Å². The van der Waals surface area contributed by atoms with Gasteiger partial charge in [-0.25, -0.2) is 0 Å². The molecule has 0 saturated heterocycles. The first-order chi connectivity index (χ1) is 5.13. The fourth-order valence-corrected chi connectivity index (χ4v) is 1.30. The quantitative estimate of drug-likeness (QED) is 0.496. The van der Waals surface area contributed by atoms with Crippen molar-refractivity contribution in [2.45, 2.75) is 0 Å². The maximum absolute atomic E-state index is 10.3. The average Bonchev–Trinajstić information content (AvgIpc) is 2.32. The number of nitro groups is 1. The smallest absolute Gasteiger partial charge is 0.323 e. The summed E-state index contributed by atoms with van der Waals surface area (Å²) in [6.45, 7) is 0. The van der Waals surface area contributed by atoms with E-state index in [1.165, 1.54) is 6.20 Å². The van der Waals surface area contributed by atoms with Gasteiger partial charge in [0, 0.05) is 14.1 Å². The standard InChI is InChI=1S/C5H7N3O2S/c1-7(2)5-4(8(9)10)3-6-11-5/h3H,1-2H3. The van der Waals surface area contributed by atoms with Crippen LogP contribution >= 0.6 is 11.5 Å². The summed E-state index contributed by atoms with van der Waals surface area (Å²) in [7, 11) is 3.50. The summed E-state index contributed by atoms with van der Waals surface area (Å²) in [5.74, 6) is 0. The summed E-state index contributed by atoms with van der Waals surface area (Å²) in [5.41, 5.74) is 0.0694. The Hall–Kier alpha value is -1.17. The van der Waals surface area contributed by atoms with Crippen LogP contribution in [0.25, 0.3) is 0 Å².